The summed E-state index contributed by atoms with van der Waals surface area (Å²) in [7, 11) is 1.48. The van der Waals surface area contributed by atoms with Crippen LogP contribution in [-0.4, -0.2) is 13.0 Å². The second-order valence-electron chi connectivity index (χ2n) is 5.29. The molecule has 7 heteroatoms. The van der Waals surface area contributed by atoms with E-state index < -0.39 is 11.5 Å². The lowest BCUT2D eigenvalue weighted by Gasteiger charge is -2.06. The molecule has 0 aliphatic carbocycles. The summed E-state index contributed by atoms with van der Waals surface area (Å²) in [5.41, 5.74) is 0.256. The zero-order valence-corrected chi connectivity index (χ0v) is 15.1. The number of nitrogens with one attached hydrogen (secondary N) is 1. The summed E-state index contributed by atoms with van der Waals surface area (Å²) in [6.45, 7) is 0. The van der Waals surface area contributed by atoms with E-state index >= 15 is 0 Å². The first-order valence-corrected chi connectivity index (χ1v) is 8.29. The van der Waals surface area contributed by atoms with E-state index in [0.29, 0.717) is 32.3 Å². The molecule has 0 aliphatic heterocycles. The average Bonchev–Trinajstić information content (AvgIpc) is 2.63. The van der Waals surface area contributed by atoms with Crippen molar-refractivity contribution < 1.29 is 13.9 Å². The number of benzene rings is 2. The van der Waals surface area contributed by atoms with E-state index in [1.54, 1.807) is 36.4 Å². The van der Waals surface area contributed by atoms with E-state index in [0.717, 1.165) is 0 Å². The zero-order valence-electron chi connectivity index (χ0n) is 13.6. The number of amides is 1. The van der Waals surface area contributed by atoms with Crippen LogP contribution in [0.5, 0.6) is 5.75 Å². The number of carbonyl (C=O) groups is 1. The molecule has 5 nitrogen and oxygen atoms in total. The van der Waals surface area contributed by atoms with Gasteiger partial charge in [0.25, 0.3) is 0 Å². The van der Waals surface area contributed by atoms with Gasteiger partial charge in [-0.1, -0.05) is 47.5 Å². The quantitative estimate of drug-likeness (QED) is 0.515. The van der Waals surface area contributed by atoms with E-state index in [9.17, 15) is 9.59 Å². The number of para-hydroxylation sites is 1. The molecule has 0 spiro atoms. The molecule has 1 heterocycles. The van der Waals surface area contributed by atoms with Gasteiger partial charge in [0.1, 0.15) is 5.69 Å². The van der Waals surface area contributed by atoms with Crippen molar-refractivity contribution in [2.75, 3.05) is 12.4 Å². The summed E-state index contributed by atoms with van der Waals surface area (Å²) in [6.07, 6.45) is 2.77. The molecule has 0 saturated carbocycles. The Kier molecular flexibility index (Phi) is 5.30. The monoisotopic (exact) mass is 389 g/mol. The highest BCUT2D eigenvalue weighted by Crippen LogP contribution is 2.27. The van der Waals surface area contributed by atoms with Crippen molar-refractivity contribution in [1.82, 2.24) is 0 Å². The Morgan fingerprint density at radius 2 is 1.96 bits per heavy atom. The van der Waals surface area contributed by atoms with Gasteiger partial charge in [0.15, 0.2) is 11.3 Å². The summed E-state index contributed by atoms with van der Waals surface area (Å²) in [6, 6.07) is 11.8. The van der Waals surface area contributed by atoms with Gasteiger partial charge in [0.2, 0.25) is 5.91 Å². The third kappa shape index (κ3) is 3.74. The van der Waals surface area contributed by atoms with Crippen LogP contribution in [0.15, 0.2) is 57.8 Å². The molecule has 3 rings (SSSR count). The first-order chi connectivity index (χ1) is 12.5. The van der Waals surface area contributed by atoms with Gasteiger partial charge < -0.3 is 14.5 Å². The Morgan fingerprint density at radius 1 is 1.19 bits per heavy atom. The molecule has 132 valence electrons. The number of halogens is 2. The highest BCUT2D eigenvalue weighted by Gasteiger charge is 2.10. The number of hydrogen-bond donors (Lipinski definition) is 1. The zero-order chi connectivity index (χ0) is 18.7. The fourth-order valence-corrected chi connectivity index (χ4v) is 2.73. The normalized spacial score (nSPS) is 11.0. The Labute approximate surface area is 158 Å². The summed E-state index contributed by atoms with van der Waals surface area (Å²) < 4.78 is 10.4. The fraction of sp³-hybridized carbons (Fsp3) is 0.0526. The lowest BCUT2D eigenvalue weighted by Crippen LogP contribution is -2.15. The van der Waals surface area contributed by atoms with Gasteiger partial charge in [-0.2, -0.15) is 0 Å². The molecule has 0 atom stereocenters. The number of fused-ring (bicyclic) bond motifs is 1. The number of hydrogen-bond acceptors (Lipinski definition) is 4. The molecule has 26 heavy (non-hydrogen) atoms. The van der Waals surface area contributed by atoms with Crippen LogP contribution in [0.1, 0.15) is 5.56 Å². The van der Waals surface area contributed by atoms with Crippen LogP contribution in [-0.2, 0) is 4.79 Å². The summed E-state index contributed by atoms with van der Waals surface area (Å²) in [5, 5.41) is 3.85. The van der Waals surface area contributed by atoms with Crippen LogP contribution in [0.25, 0.3) is 17.0 Å². The third-order valence-corrected chi connectivity index (χ3v) is 4.43. The topological polar surface area (TPSA) is 68.5 Å². The van der Waals surface area contributed by atoms with E-state index in [1.165, 1.54) is 25.3 Å². The van der Waals surface area contributed by atoms with Crippen molar-refractivity contribution in [2.45, 2.75) is 0 Å². The molecule has 1 aromatic heterocycles. The standard InChI is InChI=1S/C19H13Cl2NO4/c1-25-15-7-3-5-12-10-14(19(24)26-18(12)15)22-16(23)9-8-11-4-2-6-13(20)17(11)21/h2-10H,1H3,(H,22,23)/b9-8+. The lowest BCUT2D eigenvalue weighted by atomic mass is 10.2. The highest BCUT2D eigenvalue weighted by molar-refractivity contribution is 6.42. The molecule has 3 aromatic rings. The van der Waals surface area contributed by atoms with Crippen LogP contribution in [0, 0.1) is 0 Å². The predicted octanol–water partition coefficient (Wildman–Crippen LogP) is 4.76. The van der Waals surface area contributed by atoms with Gasteiger partial charge in [0.05, 0.1) is 17.2 Å². The number of rotatable bonds is 4. The van der Waals surface area contributed by atoms with E-state index in [1.807, 2.05) is 0 Å². The first-order valence-electron chi connectivity index (χ1n) is 7.53. The minimum absolute atomic E-state index is 0.0256. The fourth-order valence-electron chi connectivity index (χ4n) is 2.35. The second-order valence-corrected chi connectivity index (χ2v) is 6.08. The summed E-state index contributed by atoms with van der Waals surface area (Å²) >= 11 is 12.0. The molecule has 0 fully saturated rings. The molecule has 1 amide bonds. The Morgan fingerprint density at radius 3 is 2.73 bits per heavy atom. The minimum Gasteiger partial charge on any atom is -0.493 e. The third-order valence-electron chi connectivity index (χ3n) is 3.60. The number of anilines is 1. The van der Waals surface area contributed by atoms with Gasteiger partial charge in [-0.15, -0.1) is 0 Å². The Balaban J connectivity index is 1.85. The van der Waals surface area contributed by atoms with E-state index in [-0.39, 0.29) is 5.69 Å². The highest BCUT2D eigenvalue weighted by atomic mass is 35.5. The molecular formula is C19H13Cl2NO4. The Bertz CT molecular complexity index is 1070. The molecule has 0 unspecified atom stereocenters. The largest absolute Gasteiger partial charge is 0.493 e. The molecular weight excluding hydrogens is 377 g/mol. The van der Waals surface area contributed by atoms with E-state index in [2.05, 4.69) is 5.32 Å². The van der Waals surface area contributed by atoms with Gasteiger partial charge in [-0.05, 0) is 29.8 Å². The Hall–Kier alpha value is -2.76. The predicted molar refractivity (Wildman–Crippen MR) is 103 cm³/mol. The molecule has 0 aliphatic rings. The van der Waals surface area contributed by atoms with Gasteiger partial charge in [-0.25, -0.2) is 4.79 Å². The van der Waals surface area contributed by atoms with Crippen LogP contribution in [0.2, 0.25) is 10.0 Å². The SMILES string of the molecule is COc1cccc2cc(NC(=O)/C=C/c3cccc(Cl)c3Cl)c(=O)oc12. The van der Waals surface area contributed by atoms with Crippen molar-refractivity contribution in [3.8, 4) is 5.75 Å². The smallest absolute Gasteiger partial charge is 0.360 e. The van der Waals surface area contributed by atoms with Gasteiger partial charge >= 0.3 is 5.63 Å². The maximum Gasteiger partial charge on any atom is 0.360 e. The lowest BCUT2D eigenvalue weighted by molar-refractivity contribution is -0.111. The number of ether oxygens (including phenoxy) is 1. The molecule has 1 N–H and O–H groups in total. The van der Waals surface area contributed by atoms with Crippen LogP contribution in [0.3, 0.4) is 0 Å². The van der Waals surface area contributed by atoms with E-state index in [4.69, 9.17) is 32.4 Å². The minimum atomic E-state index is -0.676. The van der Waals surface area contributed by atoms with Gasteiger partial charge in [-0.3, -0.25) is 4.79 Å². The maximum absolute atomic E-state index is 12.1. The summed E-state index contributed by atoms with van der Waals surface area (Å²) in [5.74, 6) is -0.0661. The van der Waals surface area contributed by atoms with Crippen molar-refractivity contribution in [3.63, 3.8) is 0 Å². The van der Waals surface area contributed by atoms with Crippen molar-refractivity contribution in [3.05, 3.63) is 74.6 Å². The second kappa shape index (κ2) is 7.64. The van der Waals surface area contributed by atoms with Crippen LogP contribution < -0.4 is 15.7 Å². The van der Waals surface area contributed by atoms with Crippen molar-refractivity contribution in [1.29, 1.82) is 0 Å². The van der Waals surface area contributed by atoms with Crippen molar-refractivity contribution >= 4 is 51.8 Å². The first kappa shape index (κ1) is 18.0. The average molecular weight is 390 g/mol. The number of methoxy groups -OCH3 is 1. The van der Waals surface area contributed by atoms with Crippen LogP contribution in [0.4, 0.5) is 5.69 Å². The molecule has 2 aromatic carbocycles. The molecule has 0 radical (unpaired) electrons. The van der Waals surface area contributed by atoms with Crippen molar-refractivity contribution in [2.24, 2.45) is 0 Å². The maximum atomic E-state index is 12.1. The van der Waals surface area contributed by atoms with Crippen LogP contribution >= 0.6 is 23.2 Å². The molecule has 0 bridgehead atoms. The summed E-state index contributed by atoms with van der Waals surface area (Å²) in [4.78, 5) is 24.2. The van der Waals surface area contributed by atoms with Gasteiger partial charge in [0, 0.05) is 11.5 Å². The number of carbonyl (C=O) groups excluding carboxylic acids is 1. The molecule has 0 saturated heterocycles.